The maximum Gasteiger partial charge on any atom is 0.264 e. The van der Waals surface area contributed by atoms with Crippen molar-refractivity contribution in [2.45, 2.75) is 31.0 Å². The Morgan fingerprint density at radius 1 is 1.10 bits per heavy atom. The summed E-state index contributed by atoms with van der Waals surface area (Å²) < 4.78 is 42.5. The van der Waals surface area contributed by atoms with Gasteiger partial charge in [0.25, 0.3) is 15.9 Å². The first-order valence-corrected chi connectivity index (χ1v) is 11.3. The number of sulfonamides is 1. The van der Waals surface area contributed by atoms with Gasteiger partial charge in [-0.3, -0.25) is 9.52 Å². The number of carbonyl (C=O) groups excluding carboxylic acids is 1. The predicted octanol–water partition coefficient (Wildman–Crippen LogP) is 2.74. The number of nitrogens with zero attached hydrogens (tertiary/aromatic N) is 3. The molecule has 0 radical (unpaired) electrons. The number of carbonyl (C=O) groups is 1. The Bertz CT molecular complexity index is 1150. The Balaban J connectivity index is 1.67. The molecule has 2 aromatic carbocycles. The van der Waals surface area contributed by atoms with E-state index in [1.165, 1.54) is 6.07 Å². The van der Waals surface area contributed by atoms with Crippen LogP contribution in [-0.2, 0) is 14.8 Å². The first kappa shape index (κ1) is 19.7. The standard InChI is InChI=1S/C19H20N4O4S2/c1-12-10-23(11-13(2)27-12)19(24)14-6-3-4-7-15(14)22-29(25,26)17-9-5-8-16-18(17)21-28-20-16/h3-9,12-13,22H,10-11H2,1-2H3. The molecule has 3 aromatic rings. The van der Waals surface area contributed by atoms with Gasteiger partial charge in [0.1, 0.15) is 15.9 Å². The Labute approximate surface area is 172 Å². The minimum atomic E-state index is -3.96. The van der Waals surface area contributed by atoms with E-state index in [0.717, 1.165) is 11.7 Å². The zero-order valence-corrected chi connectivity index (χ0v) is 17.5. The minimum absolute atomic E-state index is 0.0274. The molecule has 152 valence electrons. The molecular weight excluding hydrogens is 412 g/mol. The number of benzene rings is 2. The van der Waals surface area contributed by atoms with E-state index in [9.17, 15) is 13.2 Å². The first-order chi connectivity index (χ1) is 13.8. The van der Waals surface area contributed by atoms with E-state index in [0.29, 0.717) is 29.7 Å². The Kier molecular flexibility index (Phi) is 5.24. The number of amides is 1. The smallest absolute Gasteiger partial charge is 0.264 e. The minimum Gasteiger partial charge on any atom is -0.372 e. The van der Waals surface area contributed by atoms with Crippen LogP contribution >= 0.6 is 11.7 Å². The number of nitrogens with one attached hydrogen (secondary N) is 1. The lowest BCUT2D eigenvalue weighted by atomic mass is 10.1. The molecule has 2 heterocycles. The second-order valence-corrected chi connectivity index (χ2v) is 9.19. The lowest BCUT2D eigenvalue weighted by Crippen LogP contribution is -2.48. The van der Waals surface area contributed by atoms with E-state index in [1.54, 1.807) is 41.3 Å². The summed E-state index contributed by atoms with van der Waals surface area (Å²) in [5, 5.41) is 0. The van der Waals surface area contributed by atoms with Gasteiger partial charge in [-0.1, -0.05) is 18.2 Å². The van der Waals surface area contributed by atoms with E-state index in [-0.39, 0.29) is 28.7 Å². The van der Waals surface area contributed by atoms with Crippen LogP contribution in [0.25, 0.3) is 11.0 Å². The van der Waals surface area contributed by atoms with Crippen LogP contribution < -0.4 is 4.72 Å². The lowest BCUT2D eigenvalue weighted by molar-refractivity contribution is -0.0585. The zero-order chi connectivity index (χ0) is 20.6. The molecule has 1 amide bonds. The highest BCUT2D eigenvalue weighted by Gasteiger charge is 2.29. The Morgan fingerprint density at radius 3 is 2.59 bits per heavy atom. The van der Waals surface area contributed by atoms with Crippen LogP contribution in [0.5, 0.6) is 0 Å². The second-order valence-electron chi connectivity index (χ2n) is 7.01. The van der Waals surface area contributed by atoms with E-state index in [1.807, 2.05) is 13.8 Å². The van der Waals surface area contributed by atoms with Crippen molar-refractivity contribution in [1.29, 1.82) is 0 Å². The molecule has 1 N–H and O–H groups in total. The van der Waals surface area contributed by atoms with E-state index in [2.05, 4.69) is 13.5 Å². The van der Waals surface area contributed by atoms with Crippen molar-refractivity contribution in [3.8, 4) is 0 Å². The summed E-state index contributed by atoms with van der Waals surface area (Å²) in [6.45, 7) is 4.72. The molecule has 0 saturated carbocycles. The third kappa shape index (κ3) is 3.96. The van der Waals surface area contributed by atoms with Crippen LogP contribution in [0.3, 0.4) is 0 Å². The van der Waals surface area contributed by atoms with Gasteiger partial charge in [0.15, 0.2) is 0 Å². The van der Waals surface area contributed by atoms with E-state index < -0.39 is 10.0 Å². The molecule has 2 atom stereocenters. The monoisotopic (exact) mass is 432 g/mol. The average molecular weight is 433 g/mol. The third-order valence-corrected chi connectivity index (χ3v) is 6.59. The molecular formula is C19H20N4O4S2. The summed E-state index contributed by atoms with van der Waals surface area (Å²) in [4.78, 5) is 14.8. The molecule has 2 unspecified atom stereocenters. The van der Waals surface area contributed by atoms with Gasteiger partial charge in [-0.25, -0.2) is 8.42 Å². The number of rotatable bonds is 4. The molecule has 4 rings (SSSR count). The van der Waals surface area contributed by atoms with Crippen LogP contribution in [0.15, 0.2) is 47.4 Å². The highest BCUT2D eigenvalue weighted by Crippen LogP contribution is 2.26. The predicted molar refractivity (Wildman–Crippen MR) is 111 cm³/mol. The fourth-order valence-corrected chi connectivity index (χ4v) is 5.32. The normalized spacial score (nSPS) is 20.0. The lowest BCUT2D eigenvalue weighted by Gasteiger charge is -2.35. The molecule has 8 nitrogen and oxygen atoms in total. The number of hydrogen-bond donors (Lipinski definition) is 1. The van der Waals surface area contributed by atoms with Crippen LogP contribution in [0, 0.1) is 0 Å². The molecule has 10 heteroatoms. The summed E-state index contributed by atoms with van der Waals surface area (Å²) in [5.41, 5.74) is 1.34. The van der Waals surface area contributed by atoms with Crippen LogP contribution in [0.1, 0.15) is 24.2 Å². The number of fused-ring (bicyclic) bond motifs is 1. The molecule has 0 bridgehead atoms. The maximum absolute atomic E-state index is 13.1. The average Bonchev–Trinajstić information content (AvgIpc) is 3.15. The van der Waals surface area contributed by atoms with Crippen molar-refractivity contribution in [3.63, 3.8) is 0 Å². The number of hydrogen-bond acceptors (Lipinski definition) is 7. The quantitative estimate of drug-likeness (QED) is 0.680. The van der Waals surface area contributed by atoms with Gasteiger partial charge >= 0.3 is 0 Å². The molecule has 1 aliphatic heterocycles. The van der Waals surface area contributed by atoms with Crippen LogP contribution in [0.2, 0.25) is 0 Å². The van der Waals surface area contributed by atoms with Gasteiger partial charge < -0.3 is 9.64 Å². The highest BCUT2D eigenvalue weighted by atomic mass is 32.2. The Morgan fingerprint density at radius 2 is 1.83 bits per heavy atom. The van der Waals surface area contributed by atoms with Crippen LogP contribution in [0.4, 0.5) is 5.69 Å². The van der Waals surface area contributed by atoms with E-state index >= 15 is 0 Å². The van der Waals surface area contributed by atoms with Crippen molar-refractivity contribution in [2.24, 2.45) is 0 Å². The van der Waals surface area contributed by atoms with Crippen molar-refractivity contribution in [1.82, 2.24) is 13.6 Å². The van der Waals surface area contributed by atoms with Crippen molar-refractivity contribution < 1.29 is 17.9 Å². The summed E-state index contributed by atoms with van der Waals surface area (Å²) in [5.74, 6) is -0.237. The largest absolute Gasteiger partial charge is 0.372 e. The highest BCUT2D eigenvalue weighted by molar-refractivity contribution is 7.93. The van der Waals surface area contributed by atoms with Gasteiger partial charge in [-0.15, -0.1) is 0 Å². The fraction of sp³-hybridized carbons (Fsp3) is 0.316. The molecule has 1 aromatic heterocycles. The van der Waals surface area contributed by atoms with Crippen molar-refractivity contribution in [3.05, 3.63) is 48.0 Å². The second kappa shape index (κ2) is 7.69. The summed E-state index contributed by atoms with van der Waals surface area (Å²) >= 11 is 0.952. The summed E-state index contributed by atoms with van der Waals surface area (Å²) in [6, 6.07) is 11.4. The van der Waals surface area contributed by atoms with Gasteiger partial charge in [0.05, 0.1) is 35.2 Å². The molecule has 0 aliphatic carbocycles. The number of ether oxygens (including phenoxy) is 1. The van der Waals surface area contributed by atoms with Gasteiger partial charge in [0.2, 0.25) is 0 Å². The molecule has 29 heavy (non-hydrogen) atoms. The topological polar surface area (TPSA) is 101 Å². The zero-order valence-electron chi connectivity index (χ0n) is 15.9. The number of morpholine rings is 1. The third-order valence-electron chi connectivity index (χ3n) is 4.65. The van der Waals surface area contributed by atoms with Crippen molar-refractivity contribution >= 4 is 44.4 Å². The van der Waals surface area contributed by atoms with Gasteiger partial charge in [0, 0.05) is 13.1 Å². The number of para-hydroxylation sites is 1. The molecule has 1 aliphatic rings. The first-order valence-electron chi connectivity index (χ1n) is 9.13. The molecule has 0 spiro atoms. The number of anilines is 1. The van der Waals surface area contributed by atoms with Crippen LogP contribution in [-0.4, -0.2) is 53.3 Å². The van der Waals surface area contributed by atoms with E-state index in [4.69, 9.17) is 4.74 Å². The van der Waals surface area contributed by atoms with Gasteiger partial charge in [-0.05, 0) is 38.1 Å². The number of aromatic nitrogens is 2. The maximum atomic E-state index is 13.1. The van der Waals surface area contributed by atoms with Gasteiger partial charge in [-0.2, -0.15) is 8.75 Å². The fourth-order valence-electron chi connectivity index (χ4n) is 3.47. The summed E-state index contributed by atoms with van der Waals surface area (Å²) in [6.07, 6.45) is -0.164. The Hall–Kier alpha value is -2.56. The molecule has 1 saturated heterocycles. The molecule has 1 fully saturated rings. The SMILES string of the molecule is CC1CN(C(=O)c2ccccc2NS(=O)(=O)c2cccc3nsnc23)CC(C)O1. The summed E-state index contributed by atoms with van der Waals surface area (Å²) in [7, 11) is -3.96. The van der Waals surface area contributed by atoms with Crippen molar-refractivity contribution in [2.75, 3.05) is 17.8 Å².